The molecule has 5 heteroatoms. The molecule has 0 spiro atoms. The second kappa shape index (κ2) is 16.0. The van der Waals surface area contributed by atoms with E-state index in [0.29, 0.717) is 18.5 Å². The van der Waals surface area contributed by atoms with Crippen molar-refractivity contribution in [2.75, 3.05) is 11.9 Å². The van der Waals surface area contributed by atoms with Crippen LogP contribution in [0, 0.1) is 0 Å². The Labute approximate surface area is 204 Å². The summed E-state index contributed by atoms with van der Waals surface area (Å²) in [6.45, 7) is 2.94. The molecule has 33 heavy (non-hydrogen) atoms. The van der Waals surface area contributed by atoms with Gasteiger partial charge in [-0.05, 0) is 42.8 Å². The summed E-state index contributed by atoms with van der Waals surface area (Å²) in [7, 11) is 0. The number of aliphatic hydroxyl groups is 1. The molecule has 0 aliphatic heterocycles. The fraction of sp³-hybridized carbons (Fsp3) is 0.429. The molecule has 0 amide bonds. The summed E-state index contributed by atoms with van der Waals surface area (Å²) < 4.78 is 5.82. The first kappa shape index (κ1) is 26.6. The number of anilines is 1. The van der Waals surface area contributed by atoms with Crippen molar-refractivity contribution in [3.63, 3.8) is 0 Å². The highest BCUT2D eigenvalue weighted by atomic mass is 32.1. The second-order valence-electron chi connectivity index (χ2n) is 8.26. The molecule has 0 fully saturated rings. The lowest BCUT2D eigenvalue weighted by molar-refractivity contribution is -0.104. The monoisotopic (exact) mass is 467 g/mol. The zero-order valence-electron chi connectivity index (χ0n) is 19.7. The van der Waals surface area contributed by atoms with Crippen LogP contribution < -0.4 is 10.1 Å². The lowest BCUT2D eigenvalue weighted by atomic mass is 10.1. The van der Waals surface area contributed by atoms with Crippen LogP contribution in [0.4, 0.5) is 5.69 Å². The van der Waals surface area contributed by atoms with Gasteiger partial charge in [-0.15, -0.1) is 0 Å². The van der Waals surface area contributed by atoms with Crippen LogP contribution in [0.3, 0.4) is 0 Å². The van der Waals surface area contributed by atoms with Gasteiger partial charge in [0.1, 0.15) is 16.5 Å². The van der Waals surface area contributed by atoms with E-state index in [-0.39, 0.29) is 16.3 Å². The van der Waals surface area contributed by atoms with Crippen molar-refractivity contribution in [1.82, 2.24) is 0 Å². The highest BCUT2D eigenvalue weighted by molar-refractivity contribution is 7.81. The summed E-state index contributed by atoms with van der Waals surface area (Å²) >= 11 is 5.31. The van der Waals surface area contributed by atoms with Crippen molar-refractivity contribution in [3.8, 4) is 5.75 Å². The molecule has 2 N–H and O–H groups in total. The largest absolute Gasteiger partial charge is 0.506 e. The fourth-order valence-corrected chi connectivity index (χ4v) is 3.84. The quantitative estimate of drug-likeness (QED) is 0.0864. The first-order valence-electron chi connectivity index (χ1n) is 12.1. The molecular formula is C28H37NO3S. The molecule has 2 rings (SSSR count). The van der Waals surface area contributed by atoms with E-state index in [4.69, 9.17) is 17.0 Å². The number of nitrogens with one attached hydrogen (secondary N) is 1. The van der Waals surface area contributed by atoms with Gasteiger partial charge in [-0.3, -0.25) is 4.79 Å². The predicted molar refractivity (Wildman–Crippen MR) is 142 cm³/mol. The van der Waals surface area contributed by atoms with Crippen LogP contribution in [-0.2, 0) is 4.79 Å². The summed E-state index contributed by atoms with van der Waals surface area (Å²) in [6.07, 6.45) is 13.5. The molecule has 0 saturated carbocycles. The van der Waals surface area contributed by atoms with Crippen LogP contribution in [-0.4, -0.2) is 23.0 Å². The van der Waals surface area contributed by atoms with E-state index in [0.717, 1.165) is 17.9 Å². The number of aldehydes is 1. The topological polar surface area (TPSA) is 58.6 Å². The Kier molecular flexibility index (Phi) is 12.9. The molecule has 0 aliphatic carbocycles. The van der Waals surface area contributed by atoms with Gasteiger partial charge in [0.2, 0.25) is 0 Å². The Morgan fingerprint density at radius 3 is 2.03 bits per heavy atom. The minimum absolute atomic E-state index is 0.0490. The lowest BCUT2D eigenvalue weighted by Crippen LogP contribution is -2.14. The van der Waals surface area contributed by atoms with E-state index < -0.39 is 0 Å². The van der Waals surface area contributed by atoms with Gasteiger partial charge in [0.15, 0.2) is 6.29 Å². The smallest absolute Gasteiger partial charge is 0.156 e. The molecule has 0 aromatic heterocycles. The fourth-order valence-electron chi connectivity index (χ4n) is 3.58. The van der Waals surface area contributed by atoms with Gasteiger partial charge in [0.25, 0.3) is 0 Å². The summed E-state index contributed by atoms with van der Waals surface area (Å²) in [6, 6.07) is 16.4. The number of carbonyl (C=O) groups excluding carboxylic acids is 1. The number of unbranched alkanes of at least 4 members (excludes halogenated alkanes) is 9. The zero-order chi connectivity index (χ0) is 23.7. The number of rotatable bonds is 16. The number of aliphatic hydroxyl groups excluding tert-OH is 1. The molecule has 0 aliphatic rings. The third-order valence-electron chi connectivity index (χ3n) is 5.54. The maximum absolute atomic E-state index is 11.6. The van der Waals surface area contributed by atoms with Crippen LogP contribution in [0.2, 0.25) is 0 Å². The lowest BCUT2D eigenvalue weighted by Gasteiger charge is -2.11. The van der Waals surface area contributed by atoms with E-state index in [1.807, 2.05) is 30.3 Å². The minimum Gasteiger partial charge on any atom is -0.506 e. The van der Waals surface area contributed by atoms with Gasteiger partial charge in [-0.2, -0.15) is 0 Å². The van der Waals surface area contributed by atoms with Crippen molar-refractivity contribution < 1.29 is 14.6 Å². The SMILES string of the molecule is CCCCCCCCCCCCOc1ccc(/C(O)=C(/C=O)C(=S)Nc2ccccc2)cc1. The number of benzene rings is 2. The number of para-hydroxylation sites is 1. The van der Waals surface area contributed by atoms with Crippen molar-refractivity contribution in [2.24, 2.45) is 0 Å². The predicted octanol–water partition coefficient (Wildman–Crippen LogP) is 7.89. The maximum atomic E-state index is 11.6. The van der Waals surface area contributed by atoms with Crippen molar-refractivity contribution in [2.45, 2.75) is 71.1 Å². The number of thiocarbonyl (C=S) groups is 1. The molecule has 4 nitrogen and oxygen atoms in total. The van der Waals surface area contributed by atoms with E-state index in [9.17, 15) is 9.90 Å². The Morgan fingerprint density at radius 1 is 0.879 bits per heavy atom. The molecule has 0 bridgehead atoms. The van der Waals surface area contributed by atoms with Gasteiger partial charge in [-0.1, -0.05) is 95.1 Å². The average Bonchev–Trinajstić information content (AvgIpc) is 2.84. The Morgan fingerprint density at radius 2 is 1.45 bits per heavy atom. The molecule has 0 atom stereocenters. The zero-order valence-corrected chi connectivity index (χ0v) is 20.5. The Hall–Kier alpha value is -2.66. The first-order chi connectivity index (χ1) is 16.2. The van der Waals surface area contributed by atoms with Gasteiger partial charge >= 0.3 is 0 Å². The van der Waals surface area contributed by atoms with Crippen LogP contribution in [0.25, 0.3) is 5.76 Å². The van der Waals surface area contributed by atoms with Crippen molar-refractivity contribution in [3.05, 3.63) is 65.7 Å². The Bertz CT molecular complexity index is 862. The van der Waals surface area contributed by atoms with Crippen LogP contribution >= 0.6 is 12.2 Å². The molecule has 0 unspecified atom stereocenters. The molecule has 0 heterocycles. The second-order valence-corrected chi connectivity index (χ2v) is 8.66. The highest BCUT2D eigenvalue weighted by Crippen LogP contribution is 2.21. The number of carbonyl (C=O) groups is 1. The van der Waals surface area contributed by atoms with Gasteiger partial charge < -0.3 is 15.2 Å². The molecule has 178 valence electrons. The van der Waals surface area contributed by atoms with E-state index >= 15 is 0 Å². The van der Waals surface area contributed by atoms with Crippen molar-refractivity contribution in [1.29, 1.82) is 0 Å². The first-order valence-corrected chi connectivity index (χ1v) is 12.5. The summed E-state index contributed by atoms with van der Waals surface area (Å²) in [5, 5.41) is 13.6. The molecule has 2 aromatic carbocycles. The third kappa shape index (κ3) is 10.2. The third-order valence-corrected chi connectivity index (χ3v) is 5.87. The summed E-state index contributed by atoms with van der Waals surface area (Å²) in [4.78, 5) is 11.8. The summed E-state index contributed by atoms with van der Waals surface area (Å²) in [5.74, 6) is 0.597. The van der Waals surface area contributed by atoms with E-state index in [1.165, 1.54) is 57.8 Å². The van der Waals surface area contributed by atoms with E-state index in [2.05, 4.69) is 12.2 Å². The van der Waals surface area contributed by atoms with Gasteiger partial charge in [-0.25, -0.2) is 0 Å². The average molecular weight is 468 g/mol. The van der Waals surface area contributed by atoms with Crippen molar-refractivity contribution >= 4 is 34.9 Å². The summed E-state index contributed by atoms with van der Waals surface area (Å²) in [5.41, 5.74) is 1.32. The number of hydrogen-bond donors (Lipinski definition) is 2. The number of hydrogen-bond acceptors (Lipinski definition) is 4. The highest BCUT2D eigenvalue weighted by Gasteiger charge is 2.13. The van der Waals surface area contributed by atoms with Crippen LogP contribution in [0.1, 0.15) is 76.7 Å². The molecule has 0 saturated heterocycles. The van der Waals surface area contributed by atoms with E-state index in [1.54, 1.807) is 24.3 Å². The molecule has 2 aromatic rings. The normalized spacial score (nSPS) is 11.5. The Balaban J connectivity index is 1.73. The minimum atomic E-state index is -0.153. The van der Waals surface area contributed by atoms with Gasteiger partial charge in [0, 0.05) is 11.3 Å². The molecule has 0 radical (unpaired) electrons. The maximum Gasteiger partial charge on any atom is 0.156 e. The van der Waals surface area contributed by atoms with Crippen LogP contribution in [0.5, 0.6) is 5.75 Å². The van der Waals surface area contributed by atoms with Gasteiger partial charge in [0.05, 0.1) is 12.2 Å². The van der Waals surface area contributed by atoms with Crippen LogP contribution in [0.15, 0.2) is 60.2 Å². The number of ether oxygens (including phenoxy) is 1. The standard InChI is InChI=1S/C28H37NO3S/c1-2-3-4-5-6-7-8-9-10-14-21-32-25-19-17-23(18-20-25)27(31)26(22-30)28(33)29-24-15-12-11-13-16-24/h11-13,15-20,22,31H,2-10,14,21H2,1H3,(H,29,33)/b27-26+. The molecular weight excluding hydrogens is 430 g/mol.